The number of aromatic nitrogens is 3. The first-order valence-corrected chi connectivity index (χ1v) is 5.61. The zero-order chi connectivity index (χ0) is 12.0. The van der Waals surface area contributed by atoms with E-state index in [1.54, 1.807) is 6.07 Å². The Morgan fingerprint density at radius 2 is 2.12 bits per heavy atom. The third-order valence-corrected chi connectivity index (χ3v) is 3.03. The maximum atomic E-state index is 6.00. The van der Waals surface area contributed by atoms with E-state index < -0.39 is 0 Å². The number of H-pyrrole nitrogens is 1. The molecule has 3 rings (SSSR count). The van der Waals surface area contributed by atoms with Crippen molar-refractivity contribution in [2.75, 3.05) is 0 Å². The molecule has 5 heteroatoms. The van der Waals surface area contributed by atoms with Crippen molar-refractivity contribution in [3.05, 3.63) is 34.6 Å². The molecule has 0 spiro atoms. The fourth-order valence-electron chi connectivity index (χ4n) is 1.98. The second-order valence-corrected chi connectivity index (χ2v) is 4.42. The maximum absolute atomic E-state index is 6.00. The number of benzene rings is 1. The SMILES string of the molecule is Cc1n[nH]c(C)c1-c1onc2ccc(Cl)cc12. The summed E-state index contributed by atoms with van der Waals surface area (Å²) in [5.41, 5.74) is 3.60. The van der Waals surface area contributed by atoms with E-state index in [1.807, 2.05) is 26.0 Å². The number of rotatable bonds is 1. The molecule has 0 amide bonds. The molecule has 0 atom stereocenters. The van der Waals surface area contributed by atoms with Gasteiger partial charge in [-0.05, 0) is 32.0 Å². The standard InChI is InChI=1S/C12H10ClN3O/c1-6-11(7(2)15-14-6)12-9-5-8(13)3-4-10(9)16-17-12/h3-5H,1-2H3,(H,14,15). The Morgan fingerprint density at radius 3 is 2.82 bits per heavy atom. The van der Waals surface area contributed by atoms with Crippen molar-refractivity contribution in [1.29, 1.82) is 0 Å². The monoisotopic (exact) mass is 247 g/mol. The lowest BCUT2D eigenvalue weighted by molar-refractivity contribution is 0.440. The van der Waals surface area contributed by atoms with Crippen molar-refractivity contribution < 1.29 is 4.52 Å². The average Bonchev–Trinajstić information content (AvgIpc) is 2.83. The Balaban J connectivity index is 2.35. The van der Waals surface area contributed by atoms with Crippen LogP contribution in [-0.2, 0) is 0 Å². The third-order valence-electron chi connectivity index (χ3n) is 2.79. The molecule has 0 aliphatic heterocycles. The molecule has 2 heterocycles. The molecular formula is C12H10ClN3O. The van der Waals surface area contributed by atoms with Crippen LogP contribution in [0.4, 0.5) is 0 Å². The van der Waals surface area contributed by atoms with Crippen LogP contribution < -0.4 is 0 Å². The van der Waals surface area contributed by atoms with Gasteiger partial charge in [0.05, 0.1) is 16.6 Å². The Labute approximate surface area is 103 Å². The molecular weight excluding hydrogens is 238 g/mol. The maximum Gasteiger partial charge on any atom is 0.178 e. The topological polar surface area (TPSA) is 54.7 Å². The van der Waals surface area contributed by atoms with Crippen LogP contribution in [0.25, 0.3) is 22.2 Å². The molecule has 86 valence electrons. The first kappa shape index (κ1) is 10.4. The largest absolute Gasteiger partial charge is 0.355 e. The van der Waals surface area contributed by atoms with Gasteiger partial charge in [-0.2, -0.15) is 5.10 Å². The Morgan fingerprint density at radius 1 is 1.29 bits per heavy atom. The summed E-state index contributed by atoms with van der Waals surface area (Å²) in [4.78, 5) is 0. The molecule has 0 saturated carbocycles. The van der Waals surface area contributed by atoms with Gasteiger partial charge in [-0.3, -0.25) is 5.10 Å². The van der Waals surface area contributed by atoms with E-state index in [2.05, 4.69) is 15.4 Å². The van der Waals surface area contributed by atoms with Gasteiger partial charge in [0.25, 0.3) is 0 Å². The first-order chi connectivity index (χ1) is 8.16. The van der Waals surface area contributed by atoms with E-state index >= 15 is 0 Å². The van der Waals surface area contributed by atoms with Crippen molar-refractivity contribution in [3.8, 4) is 11.3 Å². The summed E-state index contributed by atoms with van der Waals surface area (Å²) in [5, 5.41) is 12.7. The molecule has 3 aromatic rings. The summed E-state index contributed by atoms with van der Waals surface area (Å²) < 4.78 is 5.41. The van der Waals surface area contributed by atoms with Crippen molar-refractivity contribution in [1.82, 2.24) is 15.4 Å². The number of halogens is 1. The number of aryl methyl sites for hydroxylation is 2. The molecule has 4 nitrogen and oxygen atoms in total. The zero-order valence-electron chi connectivity index (χ0n) is 9.41. The van der Waals surface area contributed by atoms with E-state index in [0.29, 0.717) is 10.8 Å². The fourth-order valence-corrected chi connectivity index (χ4v) is 2.15. The van der Waals surface area contributed by atoms with Gasteiger partial charge >= 0.3 is 0 Å². The summed E-state index contributed by atoms with van der Waals surface area (Å²) in [6, 6.07) is 5.50. The molecule has 0 fully saturated rings. The van der Waals surface area contributed by atoms with E-state index in [0.717, 1.165) is 27.9 Å². The minimum absolute atomic E-state index is 0.667. The normalized spacial score (nSPS) is 11.2. The number of nitrogens with one attached hydrogen (secondary N) is 1. The van der Waals surface area contributed by atoms with Crippen LogP contribution >= 0.6 is 11.6 Å². The lowest BCUT2D eigenvalue weighted by Crippen LogP contribution is -1.80. The lowest BCUT2D eigenvalue weighted by Gasteiger charge is -1.96. The van der Waals surface area contributed by atoms with Crippen molar-refractivity contribution >= 4 is 22.5 Å². The van der Waals surface area contributed by atoms with Gasteiger partial charge in [-0.1, -0.05) is 16.8 Å². The molecule has 0 unspecified atom stereocenters. The molecule has 17 heavy (non-hydrogen) atoms. The molecule has 0 radical (unpaired) electrons. The van der Waals surface area contributed by atoms with Crippen molar-refractivity contribution in [3.63, 3.8) is 0 Å². The van der Waals surface area contributed by atoms with Crippen molar-refractivity contribution in [2.24, 2.45) is 0 Å². The van der Waals surface area contributed by atoms with Gasteiger partial charge in [0.1, 0.15) is 5.52 Å². The highest BCUT2D eigenvalue weighted by Gasteiger charge is 2.17. The zero-order valence-corrected chi connectivity index (χ0v) is 10.2. The van der Waals surface area contributed by atoms with Crippen LogP contribution in [0, 0.1) is 13.8 Å². The molecule has 2 aromatic heterocycles. The van der Waals surface area contributed by atoms with E-state index in [1.165, 1.54) is 0 Å². The summed E-state index contributed by atoms with van der Waals surface area (Å²) in [7, 11) is 0. The average molecular weight is 248 g/mol. The number of aromatic amines is 1. The van der Waals surface area contributed by atoms with Gasteiger partial charge in [-0.15, -0.1) is 0 Å². The van der Waals surface area contributed by atoms with Gasteiger partial charge in [0, 0.05) is 10.7 Å². The Kier molecular flexibility index (Phi) is 2.19. The van der Waals surface area contributed by atoms with Gasteiger partial charge < -0.3 is 4.52 Å². The highest BCUT2D eigenvalue weighted by molar-refractivity contribution is 6.31. The quantitative estimate of drug-likeness (QED) is 0.716. The summed E-state index contributed by atoms with van der Waals surface area (Å²) >= 11 is 6.00. The second kappa shape index (κ2) is 3.60. The predicted molar refractivity (Wildman–Crippen MR) is 66.1 cm³/mol. The summed E-state index contributed by atoms with van der Waals surface area (Å²) in [6.07, 6.45) is 0. The minimum Gasteiger partial charge on any atom is -0.355 e. The van der Waals surface area contributed by atoms with Gasteiger partial charge in [0.15, 0.2) is 5.76 Å². The molecule has 1 N–H and O–H groups in total. The van der Waals surface area contributed by atoms with Crippen LogP contribution in [0.1, 0.15) is 11.4 Å². The Bertz CT molecular complexity index is 679. The second-order valence-electron chi connectivity index (χ2n) is 3.98. The highest BCUT2D eigenvalue weighted by Crippen LogP contribution is 2.33. The molecule has 0 saturated heterocycles. The van der Waals surface area contributed by atoms with Crippen LogP contribution in [0.3, 0.4) is 0 Å². The smallest absolute Gasteiger partial charge is 0.178 e. The number of nitrogens with zero attached hydrogens (tertiary/aromatic N) is 2. The van der Waals surface area contributed by atoms with E-state index in [9.17, 15) is 0 Å². The van der Waals surface area contributed by atoms with E-state index in [-0.39, 0.29) is 0 Å². The summed E-state index contributed by atoms with van der Waals surface area (Å²) in [6.45, 7) is 3.88. The third kappa shape index (κ3) is 1.52. The van der Waals surface area contributed by atoms with Crippen LogP contribution in [0.5, 0.6) is 0 Å². The van der Waals surface area contributed by atoms with E-state index in [4.69, 9.17) is 16.1 Å². The lowest BCUT2D eigenvalue weighted by atomic mass is 10.1. The molecule has 0 aliphatic rings. The van der Waals surface area contributed by atoms with Crippen LogP contribution in [0.2, 0.25) is 5.02 Å². The number of hydrogen-bond acceptors (Lipinski definition) is 3. The molecule has 1 aromatic carbocycles. The van der Waals surface area contributed by atoms with Gasteiger partial charge in [0.2, 0.25) is 0 Å². The predicted octanol–water partition coefficient (Wildman–Crippen LogP) is 3.49. The van der Waals surface area contributed by atoms with Crippen LogP contribution in [-0.4, -0.2) is 15.4 Å². The number of hydrogen-bond donors (Lipinski definition) is 1. The van der Waals surface area contributed by atoms with Gasteiger partial charge in [-0.25, -0.2) is 0 Å². The Hall–Kier alpha value is -1.81. The first-order valence-electron chi connectivity index (χ1n) is 5.23. The molecule has 0 bridgehead atoms. The summed E-state index contributed by atoms with van der Waals surface area (Å²) in [5.74, 6) is 0.714. The van der Waals surface area contributed by atoms with Crippen molar-refractivity contribution in [2.45, 2.75) is 13.8 Å². The highest BCUT2D eigenvalue weighted by atomic mass is 35.5. The number of fused-ring (bicyclic) bond motifs is 1. The minimum atomic E-state index is 0.667. The van der Waals surface area contributed by atoms with Crippen LogP contribution in [0.15, 0.2) is 22.7 Å². The molecule has 0 aliphatic carbocycles. The fraction of sp³-hybridized carbons (Fsp3) is 0.167.